The van der Waals surface area contributed by atoms with Crippen LogP contribution in [0.25, 0.3) is 0 Å². The number of nitrogen functional groups attached to an aromatic ring is 1. The zero-order valence-electron chi connectivity index (χ0n) is 12.5. The largest absolute Gasteiger partial charge is 0.384 e. The molecule has 1 aromatic heterocycles. The summed E-state index contributed by atoms with van der Waals surface area (Å²) in [6, 6.07) is 1.86. The molecule has 0 aromatic carbocycles. The van der Waals surface area contributed by atoms with Crippen LogP contribution in [0.4, 0.5) is 11.6 Å². The second-order valence-corrected chi connectivity index (χ2v) is 5.75. The molecule has 1 heterocycles. The number of hydrogen-bond donors (Lipinski definition) is 1. The number of anilines is 2. The summed E-state index contributed by atoms with van der Waals surface area (Å²) >= 11 is 0. The predicted octanol–water partition coefficient (Wildman–Crippen LogP) is 1.54. The van der Waals surface area contributed by atoms with Gasteiger partial charge in [0.25, 0.3) is 0 Å². The quantitative estimate of drug-likeness (QED) is 0.873. The molecular weight excluding hydrogens is 238 g/mol. The Morgan fingerprint density at radius 3 is 2.42 bits per heavy atom. The lowest BCUT2D eigenvalue weighted by Crippen LogP contribution is -2.56. The van der Waals surface area contributed by atoms with Crippen LogP contribution in [0.2, 0.25) is 0 Å². The zero-order valence-corrected chi connectivity index (χ0v) is 12.5. The molecule has 1 saturated carbocycles. The Hall–Kier alpha value is -1.36. The van der Waals surface area contributed by atoms with Gasteiger partial charge in [-0.25, -0.2) is 9.97 Å². The van der Waals surface area contributed by atoms with Crippen molar-refractivity contribution in [3.8, 4) is 0 Å². The van der Waals surface area contributed by atoms with Gasteiger partial charge in [0.15, 0.2) is 0 Å². The molecule has 0 amide bonds. The zero-order chi connectivity index (χ0) is 14.0. The minimum atomic E-state index is 0.292. The maximum Gasteiger partial charge on any atom is 0.134 e. The van der Waals surface area contributed by atoms with Gasteiger partial charge in [-0.05, 0) is 33.4 Å². The number of nitrogens with zero attached hydrogens (tertiary/aromatic N) is 4. The molecule has 106 valence electrons. The van der Waals surface area contributed by atoms with Crippen LogP contribution in [-0.4, -0.2) is 48.1 Å². The summed E-state index contributed by atoms with van der Waals surface area (Å²) in [5.41, 5.74) is 6.15. The molecule has 0 unspecified atom stereocenters. The topological polar surface area (TPSA) is 58.3 Å². The molecule has 1 aliphatic carbocycles. The van der Waals surface area contributed by atoms with E-state index < -0.39 is 0 Å². The third-order valence-electron chi connectivity index (χ3n) is 4.25. The van der Waals surface area contributed by atoms with E-state index in [2.05, 4.69) is 40.9 Å². The highest BCUT2D eigenvalue weighted by Crippen LogP contribution is 2.37. The molecule has 2 N–H and O–H groups in total. The van der Waals surface area contributed by atoms with Gasteiger partial charge in [-0.15, -0.1) is 0 Å². The molecule has 5 heteroatoms. The van der Waals surface area contributed by atoms with Crippen LogP contribution in [0.5, 0.6) is 0 Å². The van der Waals surface area contributed by atoms with Crippen molar-refractivity contribution in [1.82, 2.24) is 14.9 Å². The summed E-state index contributed by atoms with van der Waals surface area (Å²) in [5.74, 6) is 2.30. The molecule has 1 fully saturated rings. The number of aryl methyl sites for hydroxylation is 1. The van der Waals surface area contributed by atoms with Gasteiger partial charge in [-0.1, -0.05) is 6.92 Å². The molecule has 1 aliphatic rings. The Morgan fingerprint density at radius 1 is 1.26 bits per heavy atom. The van der Waals surface area contributed by atoms with E-state index in [-0.39, 0.29) is 0 Å². The first-order chi connectivity index (χ1) is 8.97. The van der Waals surface area contributed by atoms with E-state index >= 15 is 0 Å². The summed E-state index contributed by atoms with van der Waals surface area (Å²) in [6.45, 7) is 3.03. The third kappa shape index (κ3) is 2.81. The van der Waals surface area contributed by atoms with E-state index in [1.54, 1.807) is 0 Å². The van der Waals surface area contributed by atoms with Gasteiger partial charge in [0.1, 0.15) is 17.5 Å². The highest BCUT2D eigenvalue weighted by atomic mass is 15.3. The van der Waals surface area contributed by atoms with Crippen LogP contribution in [-0.2, 0) is 6.42 Å². The number of nitrogens with two attached hydrogens (primary N) is 1. The summed E-state index contributed by atoms with van der Waals surface area (Å²) in [5, 5.41) is 0. The Labute approximate surface area is 115 Å². The predicted molar refractivity (Wildman–Crippen MR) is 79.4 cm³/mol. The lowest BCUT2D eigenvalue weighted by Gasteiger charge is -2.49. The molecule has 1 aromatic rings. The van der Waals surface area contributed by atoms with E-state index in [9.17, 15) is 0 Å². The first kappa shape index (κ1) is 14.1. The molecular formula is C14H25N5. The Bertz CT molecular complexity index is 439. The van der Waals surface area contributed by atoms with Crippen molar-refractivity contribution in [1.29, 1.82) is 0 Å². The van der Waals surface area contributed by atoms with Crippen molar-refractivity contribution in [2.75, 3.05) is 38.3 Å². The first-order valence-corrected chi connectivity index (χ1v) is 6.99. The van der Waals surface area contributed by atoms with Crippen molar-refractivity contribution < 1.29 is 0 Å². The fourth-order valence-corrected chi connectivity index (χ4v) is 2.71. The minimum Gasteiger partial charge on any atom is -0.384 e. The fourth-order valence-electron chi connectivity index (χ4n) is 2.71. The molecule has 0 spiro atoms. The monoisotopic (exact) mass is 263 g/mol. The maximum absolute atomic E-state index is 5.85. The lowest BCUT2D eigenvalue weighted by atomic mass is 9.75. The second-order valence-electron chi connectivity index (χ2n) is 5.75. The molecule has 0 bridgehead atoms. The van der Waals surface area contributed by atoms with Gasteiger partial charge in [0.05, 0.1) is 0 Å². The van der Waals surface area contributed by atoms with Crippen molar-refractivity contribution in [3.05, 3.63) is 11.9 Å². The number of hydrogen-bond acceptors (Lipinski definition) is 5. The van der Waals surface area contributed by atoms with E-state index in [4.69, 9.17) is 5.73 Å². The van der Waals surface area contributed by atoms with E-state index in [0.29, 0.717) is 11.4 Å². The molecule has 19 heavy (non-hydrogen) atoms. The number of rotatable bonds is 5. The van der Waals surface area contributed by atoms with Crippen molar-refractivity contribution >= 4 is 11.6 Å². The normalized spacial score (nSPS) is 17.3. The molecule has 0 saturated heterocycles. The van der Waals surface area contributed by atoms with Gasteiger partial charge >= 0.3 is 0 Å². The highest BCUT2D eigenvalue weighted by Gasteiger charge is 2.40. The highest BCUT2D eigenvalue weighted by molar-refractivity contribution is 5.47. The average molecular weight is 263 g/mol. The smallest absolute Gasteiger partial charge is 0.134 e. The summed E-state index contributed by atoms with van der Waals surface area (Å²) < 4.78 is 0. The van der Waals surface area contributed by atoms with Gasteiger partial charge in [0, 0.05) is 31.6 Å². The van der Waals surface area contributed by atoms with Crippen LogP contribution in [0.3, 0.4) is 0 Å². The van der Waals surface area contributed by atoms with E-state index in [1.807, 2.05) is 13.0 Å². The maximum atomic E-state index is 5.85. The molecule has 0 atom stereocenters. The molecule has 0 aliphatic heterocycles. The average Bonchev–Trinajstić information content (AvgIpc) is 2.32. The summed E-state index contributed by atoms with van der Waals surface area (Å²) in [4.78, 5) is 13.4. The van der Waals surface area contributed by atoms with Crippen LogP contribution >= 0.6 is 0 Å². The Balaban J connectivity index is 2.15. The Kier molecular flexibility index (Phi) is 3.94. The van der Waals surface area contributed by atoms with Gasteiger partial charge in [-0.3, -0.25) is 0 Å². The molecule has 2 rings (SSSR count). The standard InChI is InChI=1S/C14H25N5/c1-5-12-16-11(15)9-13(17-12)19(4)10-14(18(2)3)7-6-8-14/h9H,5-8,10H2,1-4H3,(H2,15,16,17). The molecule has 5 nitrogen and oxygen atoms in total. The van der Waals surface area contributed by atoms with Crippen molar-refractivity contribution in [2.45, 2.75) is 38.1 Å². The van der Waals surface area contributed by atoms with Crippen LogP contribution in [0.15, 0.2) is 6.07 Å². The van der Waals surface area contributed by atoms with Crippen molar-refractivity contribution in [2.24, 2.45) is 0 Å². The minimum absolute atomic E-state index is 0.292. The van der Waals surface area contributed by atoms with Gasteiger partial charge < -0.3 is 15.5 Å². The van der Waals surface area contributed by atoms with Crippen LogP contribution in [0.1, 0.15) is 32.0 Å². The summed E-state index contributed by atoms with van der Waals surface area (Å²) in [6.07, 6.45) is 4.64. The SMILES string of the molecule is CCc1nc(N)cc(N(C)CC2(N(C)C)CCC2)n1. The molecule has 0 radical (unpaired) electrons. The Morgan fingerprint density at radius 2 is 1.95 bits per heavy atom. The van der Waals surface area contributed by atoms with Crippen LogP contribution in [0, 0.1) is 0 Å². The van der Waals surface area contributed by atoms with Crippen molar-refractivity contribution in [3.63, 3.8) is 0 Å². The summed E-state index contributed by atoms with van der Waals surface area (Å²) in [7, 11) is 6.42. The van der Waals surface area contributed by atoms with E-state index in [1.165, 1.54) is 19.3 Å². The lowest BCUT2D eigenvalue weighted by molar-refractivity contribution is 0.0681. The van der Waals surface area contributed by atoms with Crippen LogP contribution < -0.4 is 10.6 Å². The van der Waals surface area contributed by atoms with Gasteiger partial charge in [-0.2, -0.15) is 0 Å². The van der Waals surface area contributed by atoms with E-state index in [0.717, 1.165) is 24.6 Å². The number of likely N-dealkylation sites (N-methyl/N-ethyl adjacent to an activating group) is 2. The fraction of sp³-hybridized carbons (Fsp3) is 0.714. The number of aromatic nitrogens is 2. The second kappa shape index (κ2) is 5.33. The third-order valence-corrected chi connectivity index (χ3v) is 4.25. The first-order valence-electron chi connectivity index (χ1n) is 6.99. The van der Waals surface area contributed by atoms with Gasteiger partial charge in [0.2, 0.25) is 0 Å².